The minimum absolute atomic E-state index is 0.365. The van der Waals surface area contributed by atoms with Crippen LogP contribution < -0.4 is 5.32 Å². The van der Waals surface area contributed by atoms with E-state index >= 15 is 0 Å². The Balaban J connectivity index is 1.95. The zero-order valence-electron chi connectivity index (χ0n) is 14.1. The summed E-state index contributed by atoms with van der Waals surface area (Å²) in [5.41, 5.74) is 2.16. The van der Waals surface area contributed by atoms with Gasteiger partial charge in [0.1, 0.15) is 5.15 Å². The first-order valence-corrected chi connectivity index (χ1v) is 9.03. The Morgan fingerprint density at radius 3 is 2.65 bits per heavy atom. The number of pyridine rings is 1. The number of halogens is 1. The Hall–Kier alpha value is -1.16. The van der Waals surface area contributed by atoms with Gasteiger partial charge in [-0.1, -0.05) is 43.6 Å². The first-order valence-electron chi connectivity index (χ1n) is 8.65. The first-order chi connectivity index (χ1) is 11.1. The van der Waals surface area contributed by atoms with Crippen molar-refractivity contribution in [3.05, 3.63) is 41.0 Å². The average molecular weight is 332 g/mol. The molecule has 1 N–H and O–H groups in total. The highest BCUT2D eigenvalue weighted by Crippen LogP contribution is 2.33. The van der Waals surface area contributed by atoms with Crippen molar-refractivity contribution in [1.82, 2.24) is 15.2 Å². The topological polar surface area (TPSA) is 28.2 Å². The molecule has 1 aliphatic rings. The fourth-order valence-corrected chi connectivity index (χ4v) is 3.63. The molecule has 3 rings (SSSR count). The van der Waals surface area contributed by atoms with Gasteiger partial charge in [0.25, 0.3) is 0 Å². The van der Waals surface area contributed by atoms with E-state index in [4.69, 9.17) is 11.6 Å². The van der Waals surface area contributed by atoms with Crippen molar-refractivity contribution in [2.75, 3.05) is 26.2 Å². The first kappa shape index (κ1) is 16.7. The molecule has 23 heavy (non-hydrogen) atoms. The van der Waals surface area contributed by atoms with Gasteiger partial charge in [0, 0.05) is 43.2 Å². The smallest absolute Gasteiger partial charge is 0.134 e. The number of rotatable bonds is 5. The molecule has 2 heterocycles. The lowest BCUT2D eigenvalue weighted by atomic mass is 9.96. The molecule has 0 amide bonds. The lowest BCUT2D eigenvalue weighted by Gasteiger charge is -2.36. The van der Waals surface area contributed by atoms with Gasteiger partial charge in [0.2, 0.25) is 0 Å². The van der Waals surface area contributed by atoms with Crippen LogP contribution in [0.3, 0.4) is 0 Å². The summed E-state index contributed by atoms with van der Waals surface area (Å²) in [6.45, 7) is 8.83. The molecule has 0 spiro atoms. The maximum Gasteiger partial charge on any atom is 0.134 e. The van der Waals surface area contributed by atoms with Crippen molar-refractivity contribution in [3.63, 3.8) is 0 Å². The molecular weight excluding hydrogens is 306 g/mol. The van der Waals surface area contributed by atoms with Crippen molar-refractivity contribution >= 4 is 22.5 Å². The largest absolute Gasteiger partial charge is 0.314 e. The monoisotopic (exact) mass is 331 g/mol. The molecule has 1 fully saturated rings. The summed E-state index contributed by atoms with van der Waals surface area (Å²) in [4.78, 5) is 7.21. The van der Waals surface area contributed by atoms with E-state index in [0.29, 0.717) is 17.1 Å². The highest BCUT2D eigenvalue weighted by atomic mass is 35.5. The molecule has 0 radical (unpaired) electrons. The van der Waals surface area contributed by atoms with Crippen LogP contribution in [0.25, 0.3) is 10.9 Å². The predicted octanol–water partition coefficient (Wildman–Crippen LogP) is 4.27. The molecule has 0 saturated carbocycles. The number of hydrogen-bond acceptors (Lipinski definition) is 3. The molecule has 0 aliphatic carbocycles. The maximum atomic E-state index is 6.58. The minimum Gasteiger partial charge on any atom is -0.314 e. The van der Waals surface area contributed by atoms with Crippen LogP contribution in [0.15, 0.2) is 30.3 Å². The Morgan fingerprint density at radius 1 is 1.17 bits per heavy atom. The van der Waals surface area contributed by atoms with Gasteiger partial charge < -0.3 is 5.32 Å². The SMILES string of the molecule is CC(C)CC[C@@H](c1cc2ccccc2nc1Cl)N1CCNCC1. The normalized spacial score (nSPS) is 17.7. The number of nitrogens with zero attached hydrogens (tertiary/aromatic N) is 2. The lowest BCUT2D eigenvalue weighted by molar-refractivity contribution is 0.159. The van der Waals surface area contributed by atoms with Gasteiger partial charge in [0.05, 0.1) is 5.52 Å². The number of nitrogens with one attached hydrogen (secondary N) is 1. The number of benzene rings is 1. The summed E-state index contributed by atoms with van der Waals surface area (Å²) < 4.78 is 0. The van der Waals surface area contributed by atoms with Gasteiger partial charge in [0.15, 0.2) is 0 Å². The molecular formula is C19H26ClN3. The van der Waals surface area contributed by atoms with E-state index in [9.17, 15) is 0 Å². The molecule has 0 bridgehead atoms. The van der Waals surface area contributed by atoms with Gasteiger partial charge in [-0.2, -0.15) is 0 Å². The zero-order valence-corrected chi connectivity index (χ0v) is 14.8. The summed E-state index contributed by atoms with van der Waals surface area (Å²) in [6.07, 6.45) is 2.34. The van der Waals surface area contributed by atoms with E-state index < -0.39 is 0 Å². The van der Waals surface area contributed by atoms with Gasteiger partial charge in [-0.25, -0.2) is 4.98 Å². The second kappa shape index (κ2) is 7.61. The van der Waals surface area contributed by atoms with Gasteiger partial charge >= 0.3 is 0 Å². The van der Waals surface area contributed by atoms with Crippen LogP contribution in [0.5, 0.6) is 0 Å². The van der Waals surface area contributed by atoms with Gasteiger partial charge in [-0.05, 0) is 30.9 Å². The summed E-state index contributed by atoms with van der Waals surface area (Å²) in [5.74, 6) is 0.701. The van der Waals surface area contributed by atoms with Crippen LogP contribution in [0.4, 0.5) is 0 Å². The van der Waals surface area contributed by atoms with Gasteiger partial charge in [-0.3, -0.25) is 4.90 Å². The Kier molecular flexibility index (Phi) is 5.52. The highest BCUT2D eigenvalue weighted by Gasteiger charge is 2.25. The zero-order chi connectivity index (χ0) is 16.2. The minimum atomic E-state index is 0.365. The third-order valence-electron chi connectivity index (χ3n) is 4.67. The van der Waals surface area contributed by atoms with Crippen LogP contribution in [0.1, 0.15) is 38.3 Å². The molecule has 1 atom stereocenters. The summed E-state index contributed by atoms with van der Waals surface area (Å²) >= 11 is 6.58. The Bertz CT molecular complexity index is 650. The van der Waals surface area contributed by atoms with E-state index in [1.807, 2.05) is 12.1 Å². The molecule has 1 aliphatic heterocycles. The summed E-state index contributed by atoms with van der Waals surface area (Å²) in [5, 5.41) is 5.28. The Labute approximate surface area is 144 Å². The van der Waals surface area contributed by atoms with Crippen molar-refractivity contribution in [1.29, 1.82) is 0 Å². The van der Waals surface area contributed by atoms with Crippen LogP contribution in [-0.2, 0) is 0 Å². The van der Waals surface area contributed by atoms with E-state index in [0.717, 1.165) is 38.1 Å². The third-order valence-corrected chi connectivity index (χ3v) is 4.98. The number of piperazine rings is 1. The van der Waals surface area contributed by atoms with E-state index in [2.05, 4.69) is 47.2 Å². The second-order valence-electron chi connectivity index (χ2n) is 6.83. The number of hydrogen-bond donors (Lipinski definition) is 1. The number of fused-ring (bicyclic) bond motifs is 1. The standard InChI is InChI=1S/C19H26ClN3/c1-14(2)7-8-18(23-11-9-21-10-12-23)16-13-15-5-3-4-6-17(15)22-19(16)20/h3-6,13-14,18,21H,7-12H2,1-2H3/t18-/m0/s1. The van der Waals surface area contributed by atoms with Crippen molar-refractivity contribution in [2.24, 2.45) is 5.92 Å². The molecule has 2 aromatic rings. The van der Waals surface area contributed by atoms with Crippen LogP contribution in [0.2, 0.25) is 5.15 Å². The Morgan fingerprint density at radius 2 is 1.91 bits per heavy atom. The van der Waals surface area contributed by atoms with Crippen LogP contribution in [-0.4, -0.2) is 36.1 Å². The molecule has 124 valence electrons. The summed E-state index contributed by atoms with van der Waals surface area (Å²) in [7, 11) is 0. The molecule has 1 aromatic heterocycles. The molecule has 0 unspecified atom stereocenters. The van der Waals surface area contributed by atoms with Crippen molar-refractivity contribution in [2.45, 2.75) is 32.7 Å². The van der Waals surface area contributed by atoms with E-state index in [1.165, 1.54) is 17.4 Å². The van der Waals surface area contributed by atoms with E-state index in [-0.39, 0.29) is 0 Å². The van der Waals surface area contributed by atoms with Crippen molar-refractivity contribution < 1.29 is 0 Å². The van der Waals surface area contributed by atoms with Crippen molar-refractivity contribution in [3.8, 4) is 0 Å². The second-order valence-corrected chi connectivity index (χ2v) is 7.19. The molecule has 1 aromatic carbocycles. The molecule has 1 saturated heterocycles. The highest BCUT2D eigenvalue weighted by molar-refractivity contribution is 6.30. The quantitative estimate of drug-likeness (QED) is 0.829. The fraction of sp³-hybridized carbons (Fsp3) is 0.526. The van der Waals surface area contributed by atoms with E-state index in [1.54, 1.807) is 0 Å². The maximum absolute atomic E-state index is 6.58. The van der Waals surface area contributed by atoms with Crippen LogP contribution >= 0.6 is 11.6 Å². The number of aromatic nitrogens is 1. The third kappa shape index (κ3) is 4.03. The predicted molar refractivity (Wildman–Crippen MR) is 98.0 cm³/mol. The van der Waals surface area contributed by atoms with Crippen LogP contribution in [0, 0.1) is 5.92 Å². The number of para-hydroxylation sites is 1. The summed E-state index contributed by atoms with van der Waals surface area (Å²) in [6, 6.07) is 10.8. The fourth-order valence-electron chi connectivity index (χ4n) is 3.36. The molecule has 4 heteroatoms. The average Bonchev–Trinajstić information content (AvgIpc) is 2.56. The van der Waals surface area contributed by atoms with Gasteiger partial charge in [-0.15, -0.1) is 0 Å². The lowest BCUT2D eigenvalue weighted by Crippen LogP contribution is -2.45. The molecule has 3 nitrogen and oxygen atoms in total.